The van der Waals surface area contributed by atoms with Gasteiger partial charge in [0.25, 0.3) is 0 Å². The van der Waals surface area contributed by atoms with Gasteiger partial charge in [0.05, 0.1) is 6.20 Å². The fourth-order valence-electron chi connectivity index (χ4n) is 1.63. The van der Waals surface area contributed by atoms with Crippen LogP contribution in [-0.4, -0.2) is 20.2 Å². The van der Waals surface area contributed by atoms with Crippen LogP contribution in [-0.2, 0) is 0 Å². The third kappa shape index (κ3) is 1.27. The molecule has 2 aromatic heterocycles. The van der Waals surface area contributed by atoms with E-state index >= 15 is 0 Å². The van der Waals surface area contributed by atoms with Crippen molar-refractivity contribution in [3.63, 3.8) is 0 Å². The molecule has 0 atom stereocenters. The Balaban J connectivity index is 2.28. The van der Waals surface area contributed by atoms with Crippen molar-refractivity contribution >= 4 is 10.9 Å². The topological polar surface area (TPSA) is 54.5 Å². The van der Waals surface area contributed by atoms with Crippen LogP contribution in [0.25, 0.3) is 22.3 Å². The van der Waals surface area contributed by atoms with Crippen molar-refractivity contribution in [2.75, 3.05) is 0 Å². The van der Waals surface area contributed by atoms with E-state index in [-0.39, 0.29) is 0 Å². The van der Waals surface area contributed by atoms with Gasteiger partial charge in [-0.25, -0.2) is 4.98 Å². The first-order chi connectivity index (χ1) is 7.45. The van der Waals surface area contributed by atoms with Gasteiger partial charge in [0, 0.05) is 28.9 Å². The average Bonchev–Trinajstić information content (AvgIpc) is 2.74. The minimum Gasteiger partial charge on any atom is -0.360 e. The Bertz CT molecular complexity index is 586. The van der Waals surface area contributed by atoms with Gasteiger partial charge in [0.1, 0.15) is 0 Å². The van der Waals surface area contributed by atoms with E-state index in [9.17, 15) is 0 Å². The molecule has 0 saturated heterocycles. The molecule has 0 aliphatic heterocycles. The second kappa shape index (κ2) is 3.16. The number of hydrogen-bond acceptors (Lipinski definition) is 3. The van der Waals surface area contributed by atoms with Gasteiger partial charge in [-0.1, -0.05) is 18.2 Å². The number of aromatic nitrogens is 4. The van der Waals surface area contributed by atoms with Crippen molar-refractivity contribution in [2.24, 2.45) is 0 Å². The Morgan fingerprint density at radius 2 is 2.00 bits per heavy atom. The van der Waals surface area contributed by atoms with E-state index in [1.807, 2.05) is 30.5 Å². The van der Waals surface area contributed by atoms with Crippen molar-refractivity contribution in [1.82, 2.24) is 20.2 Å². The highest BCUT2D eigenvalue weighted by Gasteiger charge is 2.07. The summed E-state index contributed by atoms with van der Waals surface area (Å²) in [7, 11) is 0. The number of benzene rings is 1. The lowest BCUT2D eigenvalue weighted by Gasteiger charge is -1.94. The highest BCUT2D eigenvalue weighted by Crippen LogP contribution is 2.24. The zero-order valence-electron chi connectivity index (χ0n) is 7.88. The summed E-state index contributed by atoms with van der Waals surface area (Å²) in [5.74, 6) is 0.648. The van der Waals surface area contributed by atoms with Crippen molar-refractivity contribution in [2.45, 2.75) is 0 Å². The van der Waals surface area contributed by atoms with Crippen LogP contribution < -0.4 is 0 Å². The smallest absolute Gasteiger partial charge is 0.183 e. The number of hydrogen-bond donors (Lipinski definition) is 1. The van der Waals surface area contributed by atoms with Crippen molar-refractivity contribution in [3.8, 4) is 11.4 Å². The summed E-state index contributed by atoms with van der Waals surface area (Å²) in [4.78, 5) is 7.36. The Morgan fingerprint density at radius 1 is 1.07 bits per heavy atom. The summed E-state index contributed by atoms with van der Waals surface area (Å²) in [5, 5.41) is 8.93. The molecule has 1 aromatic carbocycles. The van der Waals surface area contributed by atoms with Crippen molar-refractivity contribution in [3.05, 3.63) is 42.9 Å². The fourth-order valence-corrected chi connectivity index (χ4v) is 1.63. The highest BCUT2D eigenvalue weighted by molar-refractivity contribution is 5.93. The molecule has 0 aliphatic carbocycles. The first kappa shape index (κ1) is 8.11. The van der Waals surface area contributed by atoms with Gasteiger partial charge in [0.2, 0.25) is 0 Å². The maximum atomic E-state index is 4.18. The average molecular weight is 196 g/mol. The van der Waals surface area contributed by atoms with Gasteiger partial charge in [-0.05, 0) is 6.07 Å². The summed E-state index contributed by atoms with van der Waals surface area (Å²) < 4.78 is 0. The van der Waals surface area contributed by atoms with Crippen molar-refractivity contribution in [1.29, 1.82) is 0 Å². The van der Waals surface area contributed by atoms with Crippen LogP contribution in [0.3, 0.4) is 0 Å². The van der Waals surface area contributed by atoms with Crippen LogP contribution in [0.2, 0.25) is 0 Å². The molecule has 4 nitrogen and oxygen atoms in total. The number of nitrogens with zero attached hydrogens (tertiary/aromatic N) is 3. The first-order valence-electron chi connectivity index (χ1n) is 4.65. The molecule has 15 heavy (non-hydrogen) atoms. The molecule has 3 aromatic rings. The highest BCUT2D eigenvalue weighted by atomic mass is 15.1. The molecular weight excluding hydrogens is 188 g/mol. The van der Waals surface area contributed by atoms with E-state index < -0.39 is 0 Å². The number of fused-ring (bicyclic) bond motifs is 1. The van der Waals surface area contributed by atoms with E-state index in [4.69, 9.17) is 0 Å². The molecule has 2 heterocycles. The minimum absolute atomic E-state index is 0.648. The normalized spacial score (nSPS) is 10.7. The second-order valence-corrected chi connectivity index (χ2v) is 3.21. The summed E-state index contributed by atoms with van der Waals surface area (Å²) in [5.41, 5.74) is 2.07. The monoisotopic (exact) mass is 196 g/mol. The largest absolute Gasteiger partial charge is 0.360 e. The van der Waals surface area contributed by atoms with Gasteiger partial charge in [0.15, 0.2) is 5.82 Å². The quantitative estimate of drug-likeness (QED) is 0.647. The predicted octanol–water partition coefficient (Wildman–Crippen LogP) is 2.02. The standard InChI is InChI=1S/C11H8N4/c1-2-4-10-8(3-1)9(7-13-10)11-12-5-6-14-15-11/h1-7,13H. The molecule has 0 radical (unpaired) electrons. The van der Waals surface area contributed by atoms with Crippen LogP contribution in [0, 0.1) is 0 Å². The lowest BCUT2D eigenvalue weighted by molar-refractivity contribution is 0.981. The molecule has 72 valence electrons. The zero-order valence-corrected chi connectivity index (χ0v) is 7.88. The molecule has 1 N–H and O–H groups in total. The number of para-hydroxylation sites is 1. The van der Waals surface area contributed by atoms with Gasteiger partial charge in [-0.2, -0.15) is 5.10 Å². The van der Waals surface area contributed by atoms with E-state index in [1.165, 1.54) is 0 Å². The van der Waals surface area contributed by atoms with Crippen LogP contribution in [0.1, 0.15) is 0 Å². The predicted molar refractivity (Wildman–Crippen MR) is 57.1 cm³/mol. The summed E-state index contributed by atoms with van der Waals surface area (Å²) >= 11 is 0. The Hall–Kier alpha value is -2.23. The first-order valence-corrected chi connectivity index (χ1v) is 4.65. The third-order valence-corrected chi connectivity index (χ3v) is 2.31. The number of rotatable bonds is 1. The summed E-state index contributed by atoms with van der Waals surface area (Å²) in [6.45, 7) is 0. The lowest BCUT2D eigenvalue weighted by Crippen LogP contribution is -1.88. The molecule has 0 spiro atoms. The molecule has 0 amide bonds. The fraction of sp³-hybridized carbons (Fsp3) is 0. The molecule has 0 unspecified atom stereocenters. The molecule has 4 heteroatoms. The van der Waals surface area contributed by atoms with Crippen LogP contribution in [0.5, 0.6) is 0 Å². The number of H-pyrrole nitrogens is 1. The van der Waals surface area contributed by atoms with E-state index in [2.05, 4.69) is 20.2 Å². The second-order valence-electron chi connectivity index (χ2n) is 3.21. The molecule has 0 aliphatic rings. The number of nitrogens with one attached hydrogen (secondary N) is 1. The maximum Gasteiger partial charge on any atom is 0.183 e. The van der Waals surface area contributed by atoms with Gasteiger partial charge in [-0.3, -0.25) is 0 Å². The molecular formula is C11H8N4. The molecule has 0 saturated carbocycles. The lowest BCUT2D eigenvalue weighted by atomic mass is 10.2. The Labute approximate surface area is 86.0 Å². The number of aromatic amines is 1. The maximum absolute atomic E-state index is 4.18. The third-order valence-electron chi connectivity index (χ3n) is 2.31. The molecule has 0 fully saturated rings. The Morgan fingerprint density at radius 3 is 2.87 bits per heavy atom. The SMILES string of the molecule is c1ccc2c(-c3nccnn3)c[nH]c2c1. The minimum atomic E-state index is 0.648. The zero-order chi connectivity index (χ0) is 10.1. The van der Waals surface area contributed by atoms with Crippen LogP contribution in [0.4, 0.5) is 0 Å². The van der Waals surface area contributed by atoms with Crippen molar-refractivity contribution < 1.29 is 0 Å². The van der Waals surface area contributed by atoms with Gasteiger partial charge >= 0.3 is 0 Å². The molecule has 0 bridgehead atoms. The molecule has 3 rings (SSSR count). The van der Waals surface area contributed by atoms with Gasteiger partial charge < -0.3 is 4.98 Å². The van der Waals surface area contributed by atoms with E-state index in [0.717, 1.165) is 16.5 Å². The summed E-state index contributed by atoms with van der Waals surface area (Å²) in [6, 6.07) is 8.05. The van der Waals surface area contributed by atoms with Crippen LogP contribution in [0.15, 0.2) is 42.9 Å². The van der Waals surface area contributed by atoms with E-state index in [0.29, 0.717) is 5.82 Å². The van der Waals surface area contributed by atoms with Gasteiger partial charge in [-0.15, -0.1) is 5.10 Å². The van der Waals surface area contributed by atoms with E-state index in [1.54, 1.807) is 12.4 Å². The Kier molecular flexibility index (Phi) is 1.71. The summed E-state index contributed by atoms with van der Waals surface area (Å²) in [6.07, 6.45) is 5.12. The van der Waals surface area contributed by atoms with Crippen LogP contribution >= 0.6 is 0 Å².